The molecule has 0 saturated carbocycles. The molecule has 0 fully saturated rings. The van der Waals surface area contributed by atoms with Crippen molar-refractivity contribution in [1.82, 2.24) is 0 Å². The fraction of sp³-hybridized carbons (Fsp3) is 0.636. The molecule has 0 aromatic rings. The van der Waals surface area contributed by atoms with E-state index in [-0.39, 0.29) is 11.4 Å². The largest absolute Gasteiger partial charge is 0.465 e. The zero-order valence-corrected chi connectivity index (χ0v) is 9.29. The van der Waals surface area contributed by atoms with E-state index < -0.39 is 5.97 Å². The Morgan fingerprint density at radius 3 is 2.29 bits per heavy atom. The maximum Gasteiger partial charge on any atom is 0.341 e. The van der Waals surface area contributed by atoms with Crippen LogP contribution in [0.3, 0.4) is 0 Å². The minimum atomic E-state index is -0.530. The van der Waals surface area contributed by atoms with E-state index in [2.05, 4.69) is 4.74 Å². The van der Waals surface area contributed by atoms with Crippen LogP contribution < -0.4 is 0 Å². The van der Waals surface area contributed by atoms with E-state index in [4.69, 9.17) is 0 Å². The van der Waals surface area contributed by atoms with E-state index in [0.717, 1.165) is 6.42 Å². The molecule has 0 aliphatic carbocycles. The van der Waals surface area contributed by atoms with Crippen molar-refractivity contribution in [3.8, 4) is 0 Å². The molecule has 0 aromatic heterocycles. The Kier molecular flexibility index (Phi) is 5.84. The number of ketones is 1. The molecule has 80 valence electrons. The third-order valence-electron chi connectivity index (χ3n) is 1.82. The summed E-state index contributed by atoms with van der Waals surface area (Å²) in [7, 11) is 1.29. The quantitative estimate of drug-likeness (QED) is 0.294. The van der Waals surface area contributed by atoms with Crippen molar-refractivity contribution in [2.24, 2.45) is 5.92 Å². The number of hydrogen-bond acceptors (Lipinski definition) is 3. The lowest BCUT2D eigenvalue weighted by Crippen LogP contribution is -2.13. The van der Waals surface area contributed by atoms with Gasteiger partial charge < -0.3 is 4.74 Å². The number of esters is 1. The molecule has 0 aliphatic heterocycles. The summed E-state index contributed by atoms with van der Waals surface area (Å²) in [6.45, 7) is 5.79. The van der Waals surface area contributed by atoms with Gasteiger partial charge in [0.25, 0.3) is 0 Å². The first-order chi connectivity index (χ1) is 6.52. The van der Waals surface area contributed by atoms with Gasteiger partial charge in [-0.25, -0.2) is 4.79 Å². The van der Waals surface area contributed by atoms with Gasteiger partial charge in [-0.1, -0.05) is 26.8 Å². The van der Waals surface area contributed by atoms with Crippen molar-refractivity contribution in [2.75, 3.05) is 7.11 Å². The molecule has 0 radical (unpaired) electrons. The SMILES string of the molecule is CCC(=O)C(=CCC(C)C)C(=O)OC. The lowest BCUT2D eigenvalue weighted by atomic mass is 10.0. The standard InChI is InChI=1S/C11H18O3/c1-5-10(12)9(11(13)14-4)7-6-8(2)3/h7-8H,5-6H2,1-4H3. The molecule has 0 aliphatic rings. The number of carbonyl (C=O) groups excluding carboxylic acids is 2. The van der Waals surface area contributed by atoms with Gasteiger partial charge in [0.1, 0.15) is 0 Å². The van der Waals surface area contributed by atoms with Gasteiger partial charge in [-0.2, -0.15) is 0 Å². The summed E-state index contributed by atoms with van der Waals surface area (Å²) in [4.78, 5) is 22.6. The molecule has 14 heavy (non-hydrogen) atoms. The molecule has 0 heterocycles. The molecule has 0 atom stereocenters. The summed E-state index contributed by atoms with van der Waals surface area (Å²) >= 11 is 0. The number of methoxy groups -OCH3 is 1. The van der Waals surface area contributed by atoms with Crippen LogP contribution in [0.15, 0.2) is 11.6 Å². The number of ether oxygens (including phenoxy) is 1. The van der Waals surface area contributed by atoms with Crippen molar-refractivity contribution in [2.45, 2.75) is 33.6 Å². The second-order valence-corrected chi connectivity index (χ2v) is 3.52. The molecule has 0 spiro atoms. The summed E-state index contributed by atoms with van der Waals surface area (Å²) in [5, 5.41) is 0. The third kappa shape index (κ3) is 4.21. The van der Waals surface area contributed by atoms with Crippen molar-refractivity contribution < 1.29 is 14.3 Å². The first-order valence-electron chi connectivity index (χ1n) is 4.84. The Morgan fingerprint density at radius 2 is 1.93 bits per heavy atom. The van der Waals surface area contributed by atoms with Gasteiger partial charge in [-0.05, 0) is 12.3 Å². The highest BCUT2D eigenvalue weighted by molar-refractivity contribution is 6.17. The Balaban J connectivity index is 4.63. The van der Waals surface area contributed by atoms with Crippen LogP contribution in [0.2, 0.25) is 0 Å². The average molecular weight is 198 g/mol. The molecule has 3 nitrogen and oxygen atoms in total. The van der Waals surface area contributed by atoms with Gasteiger partial charge in [0.2, 0.25) is 0 Å². The van der Waals surface area contributed by atoms with Crippen LogP contribution in [0.4, 0.5) is 0 Å². The highest BCUT2D eigenvalue weighted by atomic mass is 16.5. The number of hydrogen-bond donors (Lipinski definition) is 0. The van der Waals surface area contributed by atoms with Crippen molar-refractivity contribution in [1.29, 1.82) is 0 Å². The molecule has 0 unspecified atom stereocenters. The van der Waals surface area contributed by atoms with Crippen LogP contribution >= 0.6 is 0 Å². The molecular weight excluding hydrogens is 180 g/mol. The van der Waals surface area contributed by atoms with E-state index in [1.807, 2.05) is 13.8 Å². The molecule has 0 N–H and O–H groups in total. The molecule has 0 aromatic carbocycles. The monoisotopic (exact) mass is 198 g/mol. The number of allylic oxidation sites excluding steroid dienone is 1. The number of carbonyl (C=O) groups is 2. The summed E-state index contributed by atoms with van der Waals surface area (Å²) in [5.74, 6) is -0.255. The number of rotatable bonds is 5. The normalized spacial score (nSPS) is 11.6. The second-order valence-electron chi connectivity index (χ2n) is 3.52. The van der Waals surface area contributed by atoms with Gasteiger partial charge >= 0.3 is 5.97 Å². The van der Waals surface area contributed by atoms with E-state index in [9.17, 15) is 9.59 Å². The Bertz CT molecular complexity index is 221. The maximum atomic E-state index is 11.4. The Hall–Kier alpha value is -1.12. The Labute approximate surface area is 85.1 Å². The van der Waals surface area contributed by atoms with E-state index in [1.165, 1.54) is 7.11 Å². The minimum absolute atomic E-state index is 0.155. The zero-order chi connectivity index (χ0) is 11.1. The summed E-state index contributed by atoms with van der Waals surface area (Å²) in [5.41, 5.74) is 0.184. The molecule has 0 bridgehead atoms. The summed E-state index contributed by atoms with van der Waals surface area (Å²) < 4.78 is 4.54. The fourth-order valence-electron chi connectivity index (χ4n) is 0.965. The molecular formula is C11H18O3. The van der Waals surface area contributed by atoms with Gasteiger partial charge in [0, 0.05) is 6.42 Å². The second kappa shape index (κ2) is 6.35. The smallest absolute Gasteiger partial charge is 0.341 e. The Morgan fingerprint density at radius 1 is 1.36 bits per heavy atom. The molecule has 3 heteroatoms. The van der Waals surface area contributed by atoms with Crippen LogP contribution in [0, 0.1) is 5.92 Å². The van der Waals surface area contributed by atoms with Crippen molar-refractivity contribution >= 4 is 11.8 Å². The lowest BCUT2D eigenvalue weighted by molar-refractivity contribution is -0.137. The van der Waals surface area contributed by atoms with Crippen LogP contribution in [-0.2, 0) is 14.3 Å². The summed E-state index contributed by atoms with van der Waals surface area (Å²) in [6.07, 6.45) is 2.72. The van der Waals surface area contributed by atoms with E-state index >= 15 is 0 Å². The average Bonchev–Trinajstić information content (AvgIpc) is 2.16. The van der Waals surface area contributed by atoms with Crippen LogP contribution in [0.25, 0.3) is 0 Å². The van der Waals surface area contributed by atoms with Gasteiger partial charge in [0.15, 0.2) is 5.78 Å². The molecule has 0 saturated heterocycles. The molecule has 0 rings (SSSR count). The highest BCUT2D eigenvalue weighted by Crippen LogP contribution is 2.08. The van der Waals surface area contributed by atoms with Crippen LogP contribution in [-0.4, -0.2) is 18.9 Å². The van der Waals surface area contributed by atoms with Crippen molar-refractivity contribution in [3.63, 3.8) is 0 Å². The van der Waals surface area contributed by atoms with E-state index in [0.29, 0.717) is 12.3 Å². The fourth-order valence-corrected chi connectivity index (χ4v) is 0.965. The van der Waals surface area contributed by atoms with Crippen LogP contribution in [0.1, 0.15) is 33.6 Å². The van der Waals surface area contributed by atoms with E-state index in [1.54, 1.807) is 13.0 Å². The number of Topliss-reactive ketones (excluding diaryl/α,β-unsaturated/α-hetero) is 1. The minimum Gasteiger partial charge on any atom is -0.465 e. The maximum absolute atomic E-state index is 11.4. The van der Waals surface area contributed by atoms with Gasteiger partial charge in [-0.3, -0.25) is 4.79 Å². The van der Waals surface area contributed by atoms with Gasteiger partial charge in [0.05, 0.1) is 12.7 Å². The lowest BCUT2D eigenvalue weighted by Gasteiger charge is -2.04. The third-order valence-corrected chi connectivity index (χ3v) is 1.82. The first-order valence-corrected chi connectivity index (χ1v) is 4.84. The van der Waals surface area contributed by atoms with Crippen LogP contribution in [0.5, 0.6) is 0 Å². The van der Waals surface area contributed by atoms with Crippen molar-refractivity contribution in [3.05, 3.63) is 11.6 Å². The molecule has 0 amide bonds. The zero-order valence-electron chi connectivity index (χ0n) is 9.29. The van der Waals surface area contributed by atoms with Gasteiger partial charge in [-0.15, -0.1) is 0 Å². The topological polar surface area (TPSA) is 43.4 Å². The highest BCUT2D eigenvalue weighted by Gasteiger charge is 2.16. The predicted octanol–water partition coefficient (Wildman–Crippen LogP) is 2.11. The summed E-state index contributed by atoms with van der Waals surface area (Å²) in [6, 6.07) is 0. The predicted molar refractivity (Wildman–Crippen MR) is 54.9 cm³/mol. The first kappa shape index (κ1) is 12.9.